The highest BCUT2D eigenvalue weighted by atomic mass is 16.5. The first-order valence-electron chi connectivity index (χ1n) is 7.24. The third kappa shape index (κ3) is 2.94. The Morgan fingerprint density at radius 3 is 2.91 bits per heavy atom. The lowest BCUT2D eigenvalue weighted by molar-refractivity contribution is -0.115. The Balaban J connectivity index is 2.03. The van der Waals surface area contributed by atoms with Gasteiger partial charge in [0.25, 0.3) is 0 Å². The quantitative estimate of drug-likeness (QED) is 0.758. The molecule has 3 rings (SSSR count). The minimum absolute atomic E-state index is 0.0719. The van der Waals surface area contributed by atoms with Crippen LogP contribution < -0.4 is 10.1 Å². The molecular formula is C16H17N5O2. The molecule has 118 valence electrons. The molecule has 0 fully saturated rings. The van der Waals surface area contributed by atoms with Crippen molar-refractivity contribution in [3.05, 3.63) is 43.0 Å². The predicted octanol–water partition coefficient (Wildman–Crippen LogP) is 2.62. The summed E-state index contributed by atoms with van der Waals surface area (Å²) >= 11 is 0. The molecule has 0 atom stereocenters. The maximum atomic E-state index is 11.7. The van der Waals surface area contributed by atoms with E-state index in [1.165, 1.54) is 0 Å². The topological polar surface area (TPSA) is 84.8 Å². The normalized spacial score (nSPS) is 10.5. The van der Waals surface area contributed by atoms with Gasteiger partial charge in [-0.1, -0.05) is 6.92 Å². The largest absolute Gasteiger partial charge is 0.495 e. The lowest BCUT2D eigenvalue weighted by Crippen LogP contribution is -2.11. The van der Waals surface area contributed by atoms with E-state index in [-0.39, 0.29) is 5.91 Å². The number of H-pyrrole nitrogens is 1. The summed E-state index contributed by atoms with van der Waals surface area (Å²) in [6.45, 7) is 1.80. The summed E-state index contributed by atoms with van der Waals surface area (Å²) in [5.41, 5.74) is 1.47. The number of nitrogens with zero attached hydrogens (tertiary/aromatic N) is 3. The summed E-state index contributed by atoms with van der Waals surface area (Å²) in [7, 11) is 1.57. The van der Waals surface area contributed by atoms with Gasteiger partial charge in [-0.05, 0) is 18.2 Å². The monoisotopic (exact) mass is 311 g/mol. The number of aromatic amines is 1. The van der Waals surface area contributed by atoms with E-state index in [2.05, 4.69) is 20.3 Å². The molecule has 0 saturated heterocycles. The standard InChI is InChI=1S/C16H17N5O2/c1-3-14(22)20-12-10-11(4-5-13(12)23-2)21-9-8-19-16(21)15-17-6-7-18-15/h4-10H,3H2,1-2H3,(H,17,18)(H,20,22). The van der Waals surface area contributed by atoms with E-state index in [0.717, 1.165) is 5.69 Å². The van der Waals surface area contributed by atoms with Crippen molar-refractivity contribution in [1.29, 1.82) is 0 Å². The van der Waals surface area contributed by atoms with Crippen LogP contribution in [0.25, 0.3) is 17.3 Å². The molecule has 7 nitrogen and oxygen atoms in total. The molecule has 0 saturated carbocycles. The van der Waals surface area contributed by atoms with Crippen LogP contribution >= 0.6 is 0 Å². The summed E-state index contributed by atoms with van der Waals surface area (Å²) < 4.78 is 7.20. The van der Waals surface area contributed by atoms with E-state index in [9.17, 15) is 4.79 Å². The van der Waals surface area contributed by atoms with Crippen LogP contribution in [0.3, 0.4) is 0 Å². The number of hydrogen-bond donors (Lipinski definition) is 2. The average molecular weight is 311 g/mol. The Bertz CT molecular complexity index is 808. The number of rotatable bonds is 5. The van der Waals surface area contributed by atoms with Crippen molar-refractivity contribution in [3.63, 3.8) is 0 Å². The van der Waals surface area contributed by atoms with E-state index in [1.807, 2.05) is 29.0 Å². The van der Waals surface area contributed by atoms with Gasteiger partial charge in [0.2, 0.25) is 5.91 Å². The van der Waals surface area contributed by atoms with Crippen LogP contribution in [0.15, 0.2) is 43.0 Å². The van der Waals surface area contributed by atoms with Crippen LogP contribution in [0.4, 0.5) is 5.69 Å². The molecule has 0 unspecified atom stereocenters. The van der Waals surface area contributed by atoms with Crippen molar-refractivity contribution in [1.82, 2.24) is 19.5 Å². The van der Waals surface area contributed by atoms with E-state index in [0.29, 0.717) is 29.5 Å². The molecule has 1 aromatic carbocycles. The fraction of sp³-hybridized carbons (Fsp3) is 0.188. The molecule has 0 radical (unpaired) electrons. The SMILES string of the molecule is CCC(=O)Nc1cc(-n2ccnc2-c2ncc[nH]2)ccc1OC. The fourth-order valence-corrected chi connectivity index (χ4v) is 2.26. The van der Waals surface area contributed by atoms with Crippen LogP contribution in [-0.2, 0) is 4.79 Å². The molecule has 1 amide bonds. The summed E-state index contributed by atoms with van der Waals surface area (Å²) in [6.07, 6.45) is 7.36. The summed E-state index contributed by atoms with van der Waals surface area (Å²) in [6, 6.07) is 5.56. The van der Waals surface area contributed by atoms with Crippen molar-refractivity contribution < 1.29 is 9.53 Å². The van der Waals surface area contributed by atoms with Crippen molar-refractivity contribution in [2.45, 2.75) is 13.3 Å². The number of amides is 1. The number of aromatic nitrogens is 4. The first kappa shape index (κ1) is 14.8. The summed E-state index contributed by atoms with van der Waals surface area (Å²) in [4.78, 5) is 23.3. The summed E-state index contributed by atoms with van der Waals surface area (Å²) in [5.74, 6) is 1.89. The number of benzene rings is 1. The molecule has 0 aliphatic rings. The third-order valence-electron chi connectivity index (χ3n) is 3.41. The van der Waals surface area contributed by atoms with Gasteiger partial charge in [0.1, 0.15) is 5.75 Å². The third-order valence-corrected chi connectivity index (χ3v) is 3.41. The number of carbonyl (C=O) groups is 1. The number of imidazole rings is 2. The van der Waals surface area contributed by atoms with Crippen molar-refractivity contribution in [3.8, 4) is 23.1 Å². The number of ether oxygens (including phenoxy) is 1. The average Bonchev–Trinajstić information content (AvgIpc) is 3.25. The van der Waals surface area contributed by atoms with Crippen LogP contribution in [-0.4, -0.2) is 32.5 Å². The molecule has 0 aliphatic heterocycles. The van der Waals surface area contributed by atoms with Gasteiger partial charge in [0.15, 0.2) is 11.6 Å². The molecule has 2 aromatic heterocycles. The first-order valence-corrected chi connectivity index (χ1v) is 7.24. The number of anilines is 1. The zero-order valence-electron chi connectivity index (χ0n) is 12.9. The Labute approximate surface area is 133 Å². The lowest BCUT2D eigenvalue weighted by Gasteiger charge is -2.13. The van der Waals surface area contributed by atoms with E-state index in [1.54, 1.807) is 32.6 Å². The number of methoxy groups -OCH3 is 1. The van der Waals surface area contributed by atoms with Crippen LogP contribution in [0.1, 0.15) is 13.3 Å². The van der Waals surface area contributed by atoms with E-state index < -0.39 is 0 Å². The molecule has 3 aromatic rings. The second-order valence-electron chi connectivity index (χ2n) is 4.84. The Morgan fingerprint density at radius 1 is 1.35 bits per heavy atom. The van der Waals surface area contributed by atoms with Gasteiger partial charge in [-0.2, -0.15) is 0 Å². The maximum absolute atomic E-state index is 11.7. The van der Waals surface area contributed by atoms with Crippen molar-refractivity contribution >= 4 is 11.6 Å². The van der Waals surface area contributed by atoms with Crippen LogP contribution in [0.2, 0.25) is 0 Å². The highest BCUT2D eigenvalue weighted by molar-refractivity contribution is 5.92. The smallest absolute Gasteiger partial charge is 0.224 e. The van der Waals surface area contributed by atoms with Gasteiger partial charge in [-0.3, -0.25) is 9.36 Å². The zero-order valence-corrected chi connectivity index (χ0v) is 12.9. The Morgan fingerprint density at radius 2 is 2.22 bits per heavy atom. The number of carbonyl (C=O) groups excluding carboxylic acids is 1. The zero-order chi connectivity index (χ0) is 16.2. The van der Waals surface area contributed by atoms with Gasteiger partial charge in [-0.25, -0.2) is 9.97 Å². The Kier molecular flexibility index (Phi) is 4.09. The first-order chi connectivity index (χ1) is 11.2. The van der Waals surface area contributed by atoms with Crippen molar-refractivity contribution in [2.24, 2.45) is 0 Å². The second kappa shape index (κ2) is 6.35. The molecule has 2 heterocycles. The molecule has 0 aliphatic carbocycles. The van der Waals surface area contributed by atoms with Gasteiger partial charge < -0.3 is 15.0 Å². The van der Waals surface area contributed by atoms with Crippen LogP contribution in [0, 0.1) is 0 Å². The van der Waals surface area contributed by atoms with Gasteiger partial charge in [-0.15, -0.1) is 0 Å². The van der Waals surface area contributed by atoms with E-state index in [4.69, 9.17) is 4.74 Å². The molecule has 0 spiro atoms. The lowest BCUT2D eigenvalue weighted by atomic mass is 10.2. The molecule has 2 N–H and O–H groups in total. The van der Waals surface area contributed by atoms with Gasteiger partial charge in [0, 0.05) is 36.9 Å². The van der Waals surface area contributed by atoms with Gasteiger partial charge in [0.05, 0.1) is 12.8 Å². The van der Waals surface area contributed by atoms with Gasteiger partial charge >= 0.3 is 0 Å². The molecular weight excluding hydrogens is 294 g/mol. The fourth-order valence-electron chi connectivity index (χ4n) is 2.26. The van der Waals surface area contributed by atoms with Crippen molar-refractivity contribution in [2.75, 3.05) is 12.4 Å². The second-order valence-corrected chi connectivity index (χ2v) is 4.84. The maximum Gasteiger partial charge on any atom is 0.224 e. The molecule has 0 bridgehead atoms. The van der Waals surface area contributed by atoms with Crippen LogP contribution in [0.5, 0.6) is 5.75 Å². The minimum atomic E-state index is -0.0719. The number of hydrogen-bond acceptors (Lipinski definition) is 4. The molecule has 7 heteroatoms. The predicted molar refractivity (Wildman–Crippen MR) is 86.6 cm³/mol. The summed E-state index contributed by atoms with van der Waals surface area (Å²) in [5, 5.41) is 2.85. The minimum Gasteiger partial charge on any atom is -0.495 e. The Hall–Kier alpha value is -3.09. The highest BCUT2D eigenvalue weighted by Gasteiger charge is 2.13. The molecule has 23 heavy (non-hydrogen) atoms. The number of nitrogens with one attached hydrogen (secondary N) is 2. The van der Waals surface area contributed by atoms with E-state index >= 15 is 0 Å². The highest BCUT2D eigenvalue weighted by Crippen LogP contribution is 2.29.